The molecule has 2 heterocycles. The van der Waals surface area contributed by atoms with Crippen molar-refractivity contribution < 1.29 is 34.2 Å². The standard InChI is InChI=1S/C9H14N3O7P.H2O/c10-7-1-2-12(9(14)11-7)8-3-5(13)6(19-8)4-18-20(15,16)17;/h1-2,5-6,8,13H,3-4H2,(H2,10,11,14)(H2,15,16,17);1H2. The molecule has 0 aliphatic carbocycles. The van der Waals surface area contributed by atoms with E-state index < -0.39 is 38.6 Å². The van der Waals surface area contributed by atoms with Crippen LogP contribution in [0.25, 0.3) is 0 Å². The maximum absolute atomic E-state index is 11.6. The fourth-order valence-electron chi connectivity index (χ4n) is 1.85. The molecule has 0 radical (unpaired) electrons. The first kappa shape index (κ1) is 17.7. The number of anilines is 1. The molecule has 0 aromatic carbocycles. The van der Waals surface area contributed by atoms with Gasteiger partial charge in [0.1, 0.15) is 18.1 Å². The summed E-state index contributed by atoms with van der Waals surface area (Å²) < 4.78 is 21.3. The minimum atomic E-state index is -4.64. The minimum absolute atomic E-state index is 0. The highest BCUT2D eigenvalue weighted by molar-refractivity contribution is 7.46. The quantitative estimate of drug-likeness (QED) is 0.443. The van der Waals surface area contributed by atoms with E-state index in [1.165, 1.54) is 12.3 Å². The molecular formula is C9H16N3O8P. The van der Waals surface area contributed by atoms with Gasteiger partial charge in [-0.2, -0.15) is 4.98 Å². The Bertz CT molecular complexity index is 587. The van der Waals surface area contributed by atoms with Gasteiger partial charge in [0.05, 0.1) is 12.7 Å². The number of rotatable bonds is 4. The minimum Gasteiger partial charge on any atom is -0.412 e. The molecule has 0 saturated carbocycles. The summed E-state index contributed by atoms with van der Waals surface area (Å²) in [5.41, 5.74) is 4.72. The van der Waals surface area contributed by atoms with Crippen LogP contribution in [-0.2, 0) is 13.8 Å². The van der Waals surface area contributed by atoms with Crippen LogP contribution in [0.4, 0.5) is 5.82 Å². The number of ether oxygens (including phenoxy) is 1. The fourth-order valence-corrected chi connectivity index (χ4v) is 2.19. The number of aliphatic hydroxyl groups is 1. The number of nitrogens with zero attached hydrogens (tertiary/aromatic N) is 2. The molecule has 1 aromatic rings. The summed E-state index contributed by atoms with van der Waals surface area (Å²) in [5, 5.41) is 9.74. The van der Waals surface area contributed by atoms with Gasteiger partial charge in [0.25, 0.3) is 0 Å². The average molecular weight is 325 g/mol. The molecule has 7 N–H and O–H groups in total. The van der Waals surface area contributed by atoms with Crippen molar-refractivity contribution in [2.45, 2.75) is 24.9 Å². The van der Waals surface area contributed by atoms with Gasteiger partial charge in [0.15, 0.2) is 0 Å². The molecule has 120 valence electrons. The lowest BCUT2D eigenvalue weighted by molar-refractivity contribution is -0.0450. The van der Waals surface area contributed by atoms with Crippen molar-refractivity contribution in [3.8, 4) is 0 Å². The molecule has 1 fully saturated rings. The summed E-state index contributed by atoms with van der Waals surface area (Å²) in [7, 11) is -4.64. The monoisotopic (exact) mass is 325 g/mol. The molecule has 0 spiro atoms. The first-order valence-electron chi connectivity index (χ1n) is 5.64. The van der Waals surface area contributed by atoms with Crippen molar-refractivity contribution in [2.75, 3.05) is 12.3 Å². The number of aliphatic hydroxyl groups excluding tert-OH is 1. The predicted molar refractivity (Wildman–Crippen MR) is 69.1 cm³/mol. The Kier molecular flexibility index (Phi) is 5.59. The summed E-state index contributed by atoms with van der Waals surface area (Å²) in [6.45, 7) is -0.487. The van der Waals surface area contributed by atoms with Crippen LogP contribution in [-0.4, -0.2) is 48.7 Å². The molecule has 0 bridgehead atoms. The van der Waals surface area contributed by atoms with Crippen molar-refractivity contribution in [3.63, 3.8) is 0 Å². The number of hydrogen-bond donors (Lipinski definition) is 4. The van der Waals surface area contributed by atoms with E-state index in [9.17, 15) is 14.5 Å². The van der Waals surface area contributed by atoms with Crippen molar-refractivity contribution in [2.24, 2.45) is 0 Å². The van der Waals surface area contributed by atoms with Crippen LogP contribution < -0.4 is 11.4 Å². The first-order chi connectivity index (χ1) is 9.26. The second-order valence-electron chi connectivity index (χ2n) is 4.26. The normalized spacial score (nSPS) is 25.6. The Balaban J connectivity index is 0.00000220. The molecule has 1 aromatic heterocycles. The van der Waals surface area contributed by atoms with E-state index in [-0.39, 0.29) is 17.7 Å². The zero-order valence-corrected chi connectivity index (χ0v) is 11.6. The van der Waals surface area contributed by atoms with Crippen LogP contribution in [0.3, 0.4) is 0 Å². The number of hydrogen-bond acceptors (Lipinski definition) is 7. The zero-order valence-electron chi connectivity index (χ0n) is 10.7. The summed E-state index contributed by atoms with van der Waals surface area (Å²) in [6.07, 6.45) is -1.32. The first-order valence-corrected chi connectivity index (χ1v) is 7.17. The third-order valence-electron chi connectivity index (χ3n) is 2.77. The predicted octanol–water partition coefficient (Wildman–Crippen LogP) is -2.24. The van der Waals surface area contributed by atoms with Crippen LogP contribution in [0.15, 0.2) is 17.1 Å². The van der Waals surface area contributed by atoms with Crippen LogP contribution >= 0.6 is 7.82 Å². The lowest BCUT2D eigenvalue weighted by Crippen LogP contribution is -2.28. The molecule has 3 unspecified atom stereocenters. The van der Waals surface area contributed by atoms with Crippen LogP contribution in [0.2, 0.25) is 0 Å². The van der Waals surface area contributed by atoms with Crippen LogP contribution in [0.5, 0.6) is 0 Å². The second-order valence-corrected chi connectivity index (χ2v) is 5.50. The van der Waals surface area contributed by atoms with Gasteiger partial charge in [-0.05, 0) is 6.07 Å². The van der Waals surface area contributed by atoms with Gasteiger partial charge in [-0.1, -0.05) is 0 Å². The Labute approximate surface area is 118 Å². The number of aromatic nitrogens is 2. The third-order valence-corrected chi connectivity index (χ3v) is 3.26. The van der Waals surface area contributed by atoms with E-state index >= 15 is 0 Å². The molecule has 3 atom stereocenters. The molecule has 1 aliphatic heterocycles. The Morgan fingerprint density at radius 2 is 2.24 bits per heavy atom. The van der Waals surface area contributed by atoms with Crippen molar-refractivity contribution in [3.05, 3.63) is 22.7 Å². The zero-order chi connectivity index (χ0) is 14.9. The van der Waals surface area contributed by atoms with Gasteiger partial charge in [-0.3, -0.25) is 9.09 Å². The number of nitrogen functional groups attached to an aromatic ring is 1. The molecule has 1 aliphatic rings. The molecule has 0 amide bonds. The molecule has 12 heteroatoms. The van der Waals surface area contributed by atoms with E-state index in [1.807, 2.05) is 0 Å². The Hall–Kier alpha value is -1.33. The summed E-state index contributed by atoms with van der Waals surface area (Å²) in [5.74, 6) is 0.0613. The number of phosphoric acid groups is 1. The molecule has 1 saturated heterocycles. The van der Waals surface area contributed by atoms with Gasteiger partial charge in [0, 0.05) is 12.6 Å². The largest absolute Gasteiger partial charge is 0.469 e. The van der Waals surface area contributed by atoms with Gasteiger partial charge in [-0.25, -0.2) is 9.36 Å². The SMILES string of the molecule is Nc1ccn(C2CC(O)C(COP(=O)(O)O)O2)c(=O)n1.O. The maximum Gasteiger partial charge on any atom is 0.469 e. The summed E-state index contributed by atoms with van der Waals surface area (Å²) >= 11 is 0. The van der Waals surface area contributed by atoms with E-state index in [4.69, 9.17) is 20.3 Å². The smallest absolute Gasteiger partial charge is 0.412 e. The van der Waals surface area contributed by atoms with Gasteiger partial charge in [0.2, 0.25) is 0 Å². The topological polar surface area (TPSA) is 189 Å². The average Bonchev–Trinajstić information content (AvgIpc) is 2.67. The Morgan fingerprint density at radius 3 is 2.81 bits per heavy atom. The number of phosphoric ester groups is 1. The fraction of sp³-hybridized carbons (Fsp3) is 0.556. The third kappa shape index (κ3) is 4.58. The number of nitrogens with two attached hydrogens (primary N) is 1. The summed E-state index contributed by atoms with van der Waals surface area (Å²) in [4.78, 5) is 32.3. The van der Waals surface area contributed by atoms with Gasteiger partial charge < -0.3 is 30.8 Å². The van der Waals surface area contributed by atoms with Crippen molar-refractivity contribution >= 4 is 13.6 Å². The maximum atomic E-state index is 11.6. The summed E-state index contributed by atoms with van der Waals surface area (Å²) in [6, 6.07) is 1.40. The highest BCUT2D eigenvalue weighted by Crippen LogP contribution is 2.38. The van der Waals surface area contributed by atoms with E-state index in [0.29, 0.717) is 0 Å². The molecule has 21 heavy (non-hydrogen) atoms. The lowest BCUT2D eigenvalue weighted by Gasteiger charge is -2.16. The molecule has 2 rings (SSSR count). The second kappa shape index (κ2) is 6.62. The van der Waals surface area contributed by atoms with Crippen LogP contribution in [0.1, 0.15) is 12.6 Å². The van der Waals surface area contributed by atoms with Gasteiger partial charge in [-0.15, -0.1) is 0 Å². The van der Waals surface area contributed by atoms with E-state index in [0.717, 1.165) is 4.57 Å². The highest BCUT2D eigenvalue weighted by Gasteiger charge is 2.36. The van der Waals surface area contributed by atoms with Crippen molar-refractivity contribution in [1.29, 1.82) is 0 Å². The van der Waals surface area contributed by atoms with E-state index in [1.54, 1.807) is 0 Å². The lowest BCUT2D eigenvalue weighted by atomic mass is 10.2. The molecule has 11 nitrogen and oxygen atoms in total. The van der Waals surface area contributed by atoms with Gasteiger partial charge >= 0.3 is 13.5 Å². The van der Waals surface area contributed by atoms with E-state index in [2.05, 4.69) is 9.51 Å². The van der Waals surface area contributed by atoms with Crippen LogP contribution in [0, 0.1) is 0 Å². The van der Waals surface area contributed by atoms with Crippen molar-refractivity contribution in [1.82, 2.24) is 9.55 Å². The Morgan fingerprint density at radius 1 is 1.57 bits per heavy atom. The highest BCUT2D eigenvalue weighted by atomic mass is 31.2. The molecular weight excluding hydrogens is 309 g/mol.